The minimum absolute atomic E-state index is 0.414. The Balaban J connectivity index is 1.40. The van der Waals surface area contributed by atoms with E-state index in [1.165, 1.54) is 47.6 Å². The SMILES string of the molecule is [C-]#[N+]c1cc(-c2cccc(-c3ccc4c(c3)sc3cc(-c5ccccc5)c5ccccc5c34)c2)ccn1. The number of pyridine rings is 1. The minimum Gasteiger partial charge on any atom is -0.361 e. The van der Waals surface area contributed by atoms with Crippen LogP contribution < -0.4 is 0 Å². The van der Waals surface area contributed by atoms with Crippen molar-refractivity contribution in [2.75, 3.05) is 0 Å². The first-order valence-electron chi connectivity index (χ1n) is 12.2. The molecule has 2 aromatic heterocycles. The second-order valence-corrected chi connectivity index (χ2v) is 10.2. The van der Waals surface area contributed by atoms with Crippen molar-refractivity contribution in [2.45, 2.75) is 0 Å². The van der Waals surface area contributed by atoms with Gasteiger partial charge >= 0.3 is 0 Å². The fraction of sp³-hybridized carbons (Fsp3) is 0. The first-order chi connectivity index (χ1) is 18.3. The van der Waals surface area contributed by atoms with Gasteiger partial charge in [0.25, 0.3) is 5.82 Å². The van der Waals surface area contributed by atoms with Crippen molar-refractivity contribution < 1.29 is 0 Å². The Hall–Kier alpha value is -4.78. The molecule has 0 unspecified atom stereocenters. The topological polar surface area (TPSA) is 17.2 Å². The molecule has 0 aliphatic carbocycles. The lowest BCUT2D eigenvalue weighted by Crippen LogP contribution is -1.83. The largest absolute Gasteiger partial charge is 0.361 e. The molecular weight excluding hydrogens is 468 g/mol. The second-order valence-electron chi connectivity index (χ2n) is 9.12. The molecule has 0 saturated carbocycles. The summed E-state index contributed by atoms with van der Waals surface area (Å²) in [6.07, 6.45) is 1.70. The fourth-order valence-electron chi connectivity index (χ4n) is 5.21. The zero-order chi connectivity index (χ0) is 24.8. The predicted octanol–water partition coefficient (Wildman–Crippen LogP) is 10.2. The molecule has 5 aromatic carbocycles. The monoisotopic (exact) mass is 488 g/mol. The number of nitrogens with zero attached hydrogens (tertiary/aromatic N) is 2. The number of hydrogen-bond acceptors (Lipinski definition) is 2. The molecule has 0 amide bonds. The molecule has 7 rings (SSSR count). The van der Waals surface area contributed by atoms with Crippen molar-refractivity contribution in [2.24, 2.45) is 0 Å². The van der Waals surface area contributed by atoms with Gasteiger partial charge < -0.3 is 4.85 Å². The molecule has 0 aliphatic rings. The van der Waals surface area contributed by atoms with Crippen molar-refractivity contribution in [1.29, 1.82) is 0 Å². The first-order valence-corrected chi connectivity index (χ1v) is 13.0. The van der Waals surface area contributed by atoms with E-state index in [1.807, 2.05) is 23.5 Å². The highest BCUT2D eigenvalue weighted by atomic mass is 32.1. The number of benzene rings is 5. The van der Waals surface area contributed by atoms with Crippen molar-refractivity contribution in [1.82, 2.24) is 4.98 Å². The van der Waals surface area contributed by atoms with Gasteiger partial charge in [0.1, 0.15) is 6.20 Å². The maximum absolute atomic E-state index is 7.28. The first kappa shape index (κ1) is 21.5. The highest BCUT2D eigenvalue weighted by Gasteiger charge is 2.14. The van der Waals surface area contributed by atoms with Crippen LogP contribution in [-0.4, -0.2) is 4.98 Å². The van der Waals surface area contributed by atoms with Crippen LogP contribution in [0, 0.1) is 6.57 Å². The molecule has 0 spiro atoms. The zero-order valence-electron chi connectivity index (χ0n) is 19.8. The summed E-state index contributed by atoms with van der Waals surface area (Å²) in [5.41, 5.74) is 6.96. The third-order valence-corrected chi connectivity index (χ3v) is 8.05. The smallest absolute Gasteiger partial charge is 0.270 e. The van der Waals surface area contributed by atoms with E-state index < -0.39 is 0 Å². The summed E-state index contributed by atoms with van der Waals surface area (Å²) < 4.78 is 2.59. The van der Waals surface area contributed by atoms with Gasteiger partial charge in [0.05, 0.1) is 0 Å². The average molecular weight is 489 g/mol. The van der Waals surface area contributed by atoms with Gasteiger partial charge in [-0.05, 0) is 74.5 Å². The Morgan fingerprint density at radius 3 is 2.05 bits per heavy atom. The van der Waals surface area contributed by atoms with Gasteiger partial charge in [0.2, 0.25) is 0 Å². The normalized spacial score (nSPS) is 11.2. The number of thiophene rings is 1. The van der Waals surface area contributed by atoms with Gasteiger partial charge in [-0.3, -0.25) is 0 Å². The van der Waals surface area contributed by atoms with Crippen LogP contribution in [0.4, 0.5) is 5.82 Å². The van der Waals surface area contributed by atoms with Crippen LogP contribution in [0.3, 0.4) is 0 Å². The minimum atomic E-state index is 0.414. The summed E-state index contributed by atoms with van der Waals surface area (Å²) in [6.45, 7) is 7.28. The molecule has 2 heterocycles. The summed E-state index contributed by atoms with van der Waals surface area (Å²) >= 11 is 1.86. The van der Waals surface area contributed by atoms with Gasteiger partial charge in [-0.2, -0.15) is 0 Å². The van der Waals surface area contributed by atoms with Gasteiger partial charge in [0, 0.05) is 20.2 Å². The van der Waals surface area contributed by atoms with Gasteiger partial charge in [-0.25, -0.2) is 0 Å². The molecule has 0 fully saturated rings. The van der Waals surface area contributed by atoms with E-state index in [0.717, 1.165) is 16.7 Å². The summed E-state index contributed by atoms with van der Waals surface area (Å²) in [6, 6.07) is 40.9. The van der Waals surface area contributed by atoms with E-state index in [1.54, 1.807) is 6.20 Å². The molecule has 37 heavy (non-hydrogen) atoms. The number of aromatic nitrogens is 1. The second kappa shape index (κ2) is 8.71. The van der Waals surface area contributed by atoms with E-state index in [2.05, 4.69) is 113 Å². The maximum atomic E-state index is 7.28. The molecule has 0 aliphatic heterocycles. The molecule has 7 aromatic rings. The quantitative estimate of drug-likeness (QED) is 0.226. The highest BCUT2D eigenvalue weighted by Crippen LogP contribution is 2.43. The molecular formula is C34H20N2S. The third-order valence-electron chi connectivity index (χ3n) is 6.95. The van der Waals surface area contributed by atoms with Crippen molar-refractivity contribution in [3.05, 3.63) is 133 Å². The van der Waals surface area contributed by atoms with Crippen LogP contribution in [0.25, 0.3) is 69.2 Å². The van der Waals surface area contributed by atoms with Crippen LogP contribution in [0.5, 0.6) is 0 Å². The van der Waals surface area contributed by atoms with Crippen molar-refractivity contribution in [3.63, 3.8) is 0 Å². The lowest BCUT2D eigenvalue weighted by molar-refractivity contribution is 1.35. The summed E-state index contributed by atoms with van der Waals surface area (Å²) in [4.78, 5) is 7.59. The van der Waals surface area contributed by atoms with E-state index >= 15 is 0 Å². The number of rotatable bonds is 3. The molecule has 172 valence electrons. The van der Waals surface area contributed by atoms with Crippen molar-refractivity contribution in [3.8, 4) is 33.4 Å². The number of hydrogen-bond donors (Lipinski definition) is 0. The summed E-state index contributed by atoms with van der Waals surface area (Å²) in [7, 11) is 0. The highest BCUT2D eigenvalue weighted by molar-refractivity contribution is 7.26. The Morgan fingerprint density at radius 2 is 1.24 bits per heavy atom. The summed E-state index contributed by atoms with van der Waals surface area (Å²) in [5.74, 6) is 0.414. The van der Waals surface area contributed by atoms with E-state index in [4.69, 9.17) is 6.57 Å². The van der Waals surface area contributed by atoms with Crippen LogP contribution in [0.2, 0.25) is 0 Å². The van der Waals surface area contributed by atoms with E-state index in [-0.39, 0.29) is 0 Å². The Labute approximate surface area is 218 Å². The predicted molar refractivity (Wildman–Crippen MR) is 157 cm³/mol. The van der Waals surface area contributed by atoms with Gasteiger partial charge in [0.15, 0.2) is 0 Å². The Bertz CT molecular complexity index is 1990. The summed E-state index contributed by atoms with van der Waals surface area (Å²) in [5, 5.41) is 5.22. The molecule has 2 nitrogen and oxygen atoms in total. The standard InChI is InChI=1S/C34H20N2S/c1-35-33-20-26(16-17-36-33)24-11-7-10-23(18-24)25-14-15-29-31(19-25)37-32-21-30(22-8-3-2-4-9-22)27-12-5-6-13-28(27)34(29)32/h2-21H. The Kier molecular flexibility index (Phi) is 5.06. The molecule has 0 saturated heterocycles. The molecule has 0 radical (unpaired) electrons. The van der Waals surface area contributed by atoms with Crippen LogP contribution in [0.15, 0.2) is 121 Å². The molecule has 0 N–H and O–H groups in total. The van der Waals surface area contributed by atoms with E-state index in [9.17, 15) is 0 Å². The third kappa shape index (κ3) is 3.67. The lowest BCUT2D eigenvalue weighted by Gasteiger charge is -2.09. The van der Waals surface area contributed by atoms with Gasteiger partial charge in [-0.15, -0.1) is 16.3 Å². The lowest BCUT2D eigenvalue weighted by atomic mass is 9.94. The Morgan fingerprint density at radius 1 is 0.541 bits per heavy atom. The zero-order valence-corrected chi connectivity index (χ0v) is 20.7. The van der Waals surface area contributed by atoms with Crippen molar-refractivity contribution >= 4 is 48.1 Å². The van der Waals surface area contributed by atoms with Crippen LogP contribution in [0.1, 0.15) is 0 Å². The fourth-order valence-corrected chi connectivity index (χ4v) is 6.41. The maximum Gasteiger partial charge on any atom is 0.270 e. The molecule has 3 heteroatoms. The van der Waals surface area contributed by atoms with Crippen LogP contribution >= 0.6 is 11.3 Å². The molecule has 0 bridgehead atoms. The van der Waals surface area contributed by atoms with Crippen LogP contribution in [-0.2, 0) is 0 Å². The van der Waals surface area contributed by atoms with E-state index in [0.29, 0.717) is 5.82 Å². The number of fused-ring (bicyclic) bond motifs is 5. The van der Waals surface area contributed by atoms with Gasteiger partial charge in [-0.1, -0.05) is 91.5 Å². The average Bonchev–Trinajstić information content (AvgIpc) is 3.35. The molecule has 0 atom stereocenters.